The first-order valence-corrected chi connectivity index (χ1v) is 8.83. The Balaban J connectivity index is 1.79. The molecule has 0 N–H and O–H groups in total. The maximum absolute atomic E-state index is 11.8. The molecule has 21 heavy (non-hydrogen) atoms. The van der Waals surface area contributed by atoms with Crippen molar-refractivity contribution in [1.29, 1.82) is 0 Å². The van der Waals surface area contributed by atoms with Gasteiger partial charge in [-0.3, -0.25) is 9.69 Å². The number of thioether (sulfide) groups is 1. The van der Waals surface area contributed by atoms with Crippen LogP contribution in [0.1, 0.15) is 12.5 Å². The van der Waals surface area contributed by atoms with Gasteiger partial charge in [-0.05, 0) is 30.9 Å². The van der Waals surface area contributed by atoms with Crippen LogP contribution in [0.2, 0.25) is 0 Å². The van der Waals surface area contributed by atoms with Crippen LogP contribution < -0.4 is 4.74 Å². The highest BCUT2D eigenvalue weighted by Crippen LogP contribution is 2.15. The second-order valence-electron chi connectivity index (χ2n) is 5.17. The van der Waals surface area contributed by atoms with Crippen LogP contribution in [0.3, 0.4) is 0 Å². The van der Waals surface area contributed by atoms with Gasteiger partial charge < -0.3 is 9.64 Å². The van der Waals surface area contributed by atoms with Crippen molar-refractivity contribution < 1.29 is 9.53 Å². The second-order valence-corrected chi connectivity index (χ2v) is 6.03. The molecule has 0 saturated carbocycles. The van der Waals surface area contributed by atoms with Gasteiger partial charge in [-0.1, -0.05) is 12.1 Å². The third-order valence-corrected chi connectivity index (χ3v) is 4.17. The Bertz CT molecular complexity index is 442. The maximum atomic E-state index is 11.8. The number of piperazine rings is 1. The maximum Gasteiger partial charge on any atom is 0.232 e. The smallest absolute Gasteiger partial charge is 0.232 e. The molecule has 1 heterocycles. The molecule has 0 aliphatic carbocycles. The summed E-state index contributed by atoms with van der Waals surface area (Å²) in [6, 6.07) is 8.29. The van der Waals surface area contributed by atoms with Crippen LogP contribution in [-0.2, 0) is 11.3 Å². The van der Waals surface area contributed by atoms with Gasteiger partial charge >= 0.3 is 0 Å². The second kappa shape index (κ2) is 8.29. The highest BCUT2D eigenvalue weighted by molar-refractivity contribution is 7.99. The number of rotatable bonds is 6. The molecule has 0 radical (unpaired) electrons. The van der Waals surface area contributed by atoms with Gasteiger partial charge in [0.15, 0.2) is 0 Å². The van der Waals surface area contributed by atoms with Crippen molar-refractivity contribution in [2.75, 3.05) is 44.8 Å². The zero-order valence-corrected chi connectivity index (χ0v) is 13.7. The van der Waals surface area contributed by atoms with E-state index in [1.807, 2.05) is 30.2 Å². The number of hydrogen-bond acceptors (Lipinski definition) is 4. The van der Waals surface area contributed by atoms with Crippen LogP contribution in [0, 0.1) is 0 Å². The van der Waals surface area contributed by atoms with Gasteiger partial charge in [-0.25, -0.2) is 0 Å². The summed E-state index contributed by atoms with van der Waals surface area (Å²) in [7, 11) is 0. The van der Waals surface area contributed by atoms with E-state index in [0.717, 1.165) is 38.5 Å². The van der Waals surface area contributed by atoms with Crippen molar-refractivity contribution in [3.8, 4) is 5.75 Å². The van der Waals surface area contributed by atoms with E-state index in [0.29, 0.717) is 12.4 Å². The molecule has 0 spiro atoms. The Morgan fingerprint density at radius 3 is 2.43 bits per heavy atom. The Kier molecular flexibility index (Phi) is 6.39. The molecule has 116 valence electrons. The van der Waals surface area contributed by atoms with Crippen LogP contribution in [0.5, 0.6) is 5.75 Å². The van der Waals surface area contributed by atoms with Crippen molar-refractivity contribution in [3.63, 3.8) is 0 Å². The average molecular weight is 308 g/mol. The van der Waals surface area contributed by atoms with Crippen LogP contribution in [0.4, 0.5) is 0 Å². The van der Waals surface area contributed by atoms with Crippen molar-refractivity contribution in [3.05, 3.63) is 29.8 Å². The van der Waals surface area contributed by atoms with Gasteiger partial charge in [0.1, 0.15) is 5.75 Å². The summed E-state index contributed by atoms with van der Waals surface area (Å²) in [4.78, 5) is 16.2. The van der Waals surface area contributed by atoms with Crippen LogP contribution in [-0.4, -0.2) is 60.5 Å². The van der Waals surface area contributed by atoms with E-state index in [9.17, 15) is 4.79 Å². The SMILES string of the molecule is CCOc1ccc(CN2CCN(C(=O)CSC)CC2)cc1. The molecular formula is C16H24N2O2S. The summed E-state index contributed by atoms with van der Waals surface area (Å²) in [5.41, 5.74) is 1.29. The lowest BCUT2D eigenvalue weighted by Crippen LogP contribution is -2.48. The number of carbonyl (C=O) groups excluding carboxylic acids is 1. The lowest BCUT2D eigenvalue weighted by molar-refractivity contribution is -0.130. The summed E-state index contributed by atoms with van der Waals surface area (Å²) in [5.74, 6) is 1.79. The van der Waals surface area contributed by atoms with E-state index in [4.69, 9.17) is 4.74 Å². The topological polar surface area (TPSA) is 32.8 Å². The number of hydrogen-bond donors (Lipinski definition) is 0. The Morgan fingerprint density at radius 1 is 1.19 bits per heavy atom. The number of nitrogens with zero attached hydrogens (tertiary/aromatic N) is 2. The molecule has 4 nitrogen and oxygen atoms in total. The molecular weight excluding hydrogens is 284 g/mol. The molecule has 1 aromatic carbocycles. The molecule has 5 heteroatoms. The largest absolute Gasteiger partial charge is 0.494 e. The Hall–Kier alpha value is -1.20. The van der Waals surface area contributed by atoms with Crippen molar-refractivity contribution in [1.82, 2.24) is 9.80 Å². The van der Waals surface area contributed by atoms with Crippen molar-refractivity contribution in [2.45, 2.75) is 13.5 Å². The minimum atomic E-state index is 0.267. The Morgan fingerprint density at radius 2 is 1.86 bits per heavy atom. The van der Waals surface area contributed by atoms with Gasteiger partial charge in [0.25, 0.3) is 0 Å². The molecule has 1 amide bonds. The normalized spacial score (nSPS) is 16.0. The average Bonchev–Trinajstić information content (AvgIpc) is 2.50. The number of ether oxygens (including phenoxy) is 1. The number of carbonyl (C=O) groups is 1. The van der Waals surface area contributed by atoms with E-state index in [-0.39, 0.29) is 5.91 Å². The zero-order chi connectivity index (χ0) is 15.1. The van der Waals surface area contributed by atoms with Gasteiger partial charge in [0.05, 0.1) is 12.4 Å². The fourth-order valence-electron chi connectivity index (χ4n) is 2.49. The molecule has 1 aliphatic rings. The highest BCUT2D eigenvalue weighted by Gasteiger charge is 2.20. The standard InChI is InChI=1S/C16H24N2O2S/c1-3-20-15-6-4-14(5-7-15)12-17-8-10-18(11-9-17)16(19)13-21-2/h4-7H,3,8-13H2,1-2H3. The summed E-state index contributed by atoms with van der Waals surface area (Å²) < 4.78 is 5.45. The van der Waals surface area contributed by atoms with E-state index in [2.05, 4.69) is 17.0 Å². The quantitative estimate of drug-likeness (QED) is 0.806. The zero-order valence-electron chi connectivity index (χ0n) is 12.9. The third-order valence-electron chi connectivity index (χ3n) is 3.63. The predicted molar refractivity (Wildman–Crippen MR) is 87.9 cm³/mol. The van der Waals surface area contributed by atoms with Gasteiger partial charge in [-0.2, -0.15) is 11.8 Å². The van der Waals surface area contributed by atoms with Gasteiger partial charge in [0.2, 0.25) is 5.91 Å². The minimum Gasteiger partial charge on any atom is -0.494 e. The first-order valence-electron chi connectivity index (χ1n) is 7.43. The van der Waals surface area contributed by atoms with E-state index >= 15 is 0 Å². The molecule has 1 aliphatic heterocycles. The lowest BCUT2D eigenvalue weighted by atomic mass is 10.2. The predicted octanol–water partition coefficient (Wildman–Crippen LogP) is 2.09. The third kappa shape index (κ3) is 4.93. The summed E-state index contributed by atoms with van der Waals surface area (Å²) in [6.07, 6.45) is 1.97. The monoisotopic (exact) mass is 308 g/mol. The molecule has 1 saturated heterocycles. The molecule has 1 fully saturated rings. The number of amides is 1. The molecule has 1 aromatic rings. The first-order chi connectivity index (χ1) is 10.2. The Labute approximate surface area is 131 Å². The fraction of sp³-hybridized carbons (Fsp3) is 0.562. The van der Waals surface area contributed by atoms with Crippen molar-refractivity contribution in [2.24, 2.45) is 0 Å². The van der Waals surface area contributed by atoms with Crippen LogP contribution in [0.25, 0.3) is 0 Å². The molecule has 2 rings (SSSR count). The summed E-state index contributed by atoms with van der Waals surface area (Å²) in [6.45, 7) is 7.22. The summed E-state index contributed by atoms with van der Waals surface area (Å²) >= 11 is 1.60. The lowest BCUT2D eigenvalue weighted by Gasteiger charge is -2.34. The molecule has 0 atom stereocenters. The molecule has 0 unspecified atom stereocenters. The van der Waals surface area contributed by atoms with Crippen LogP contribution in [0.15, 0.2) is 24.3 Å². The van der Waals surface area contributed by atoms with E-state index in [1.165, 1.54) is 5.56 Å². The minimum absolute atomic E-state index is 0.267. The number of benzene rings is 1. The summed E-state index contributed by atoms with van der Waals surface area (Å²) in [5, 5.41) is 0. The van der Waals surface area contributed by atoms with Gasteiger partial charge in [-0.15, -0.1) is 0 Å². The highest BCUT2D eigenvalue weighted by atomic mass is 32.2. The van der Waals surface area contributed by atoms with Crippen molar-refractivity contribution >= 4 is 17.7 Å². The molecule has 0 bridgehead atoms. The van der Waals surface area contributed by atoms with Gasteiger partial charge in [0, 0.05) is 32.7 Å². The first kappa shape index (κ1) is 16.2. The van der Waals surface area contributed by atoms with E-state index < -0.39 is 0 Å². The molecule has 0 aromatic heterocycles. The van der Waals surface area contributed by atoms with Crippen LogP contribution >= 0.6 is 11.8 Å². The van der Waals surface area contributed by atoms with E-state index in [1.54, 1.807) is 11.8 Å². The fourth-order valence-corrected chi connectivity index (χ4v) is 2.92.